The molecule has 3 nitrogen and oxygen atoms in total. The van der Waals surface area contributed by atoms with Crippen LogP contribution in [0.3, 0.4) is 0 Å². The van der Waals surface area contributed by atoms with E-state index in [4.69, 9.17) is 10.8 Å². The molecular weight excluding hydrogens is 270 g/mol. The molecule has 102 valence electrons. The molecule has 2 rings (SSSR count). The van der Waals surface area contributed by atoms with E-state index in [-0.39, 0.29) is 0 Å². The Morgan fingerprint density at radius 3 is 2.65 bits per heavy atom. The summed E-state index contributed by atoms with van der Waals surface area (Å²) in [5, 5.41) is 8.65. The van der Waals surface area contributed by atoms with Gasteiger partial charge in [-0.05, 0) is 35.4 Å². The minimum absolute atomic E-state index is 0.576. The van der Waals surface area contributed by atoms with Gasteiger partial charge in [0, 0.05) is 22.4 Å². The second-order valence-electron chi connectivity index (χ2n) is 4.24. The lowest BCUT2D eigenvalue weighted by molar-refractivity contribution is -0.131. The van der Waals surface area contributed by atoms with Crippen LogP contribution in [0.15, 0.2) is 59.5 Å². The van der Waals surface area contributed by atoms with E-state index in [1.165, 1.54) is 11.6 Å². The second kappa shape index (κ2) is 6.82. The average molecular weight is 285 g/mol. The van der Waals surface area contributed by atoms with Crippen molar-refractivity contribution in [3.8, 4) is 0 Å². The highest BCUT2D eigenvalue weighted by Crippen LogP contribution is 2.26. The molecule has 0 unspecified atom stereocenters. The van der Waals surface area contributed by atoms with Gasteiger partial charge in [-0.3, -0.25) is 0 Å². The highest BCUT2D eigenvalue weighted by Gasteiger charge is 2.01. The quantitative estimate of drug-likeness (QED) is 0.500. The molecule has 0 bridgehead atoms. The summed E-state index contributed by atoms with van der Waals surface area (Å²) >= 11 is 1.69. The lowest BCUT2D eigenvalue weighted by Gasteiger charge is -2.05. The van der Waals surface area contributed by atoms with Gasteiger partial charge in [0.1, 0.15) is 0 Å². The van der Waals surface area contributed by atoms with E-state index in [1.54, 1.807) is 17.8 Å². The number of carbonyl (C=O) groups is 1. The molecule has 0 heterocycles. The van der Waals surface area contributed by atoms with Gasteiger partial charge in [-0.1, -0.05) is 30.3 Å². The molecule has 0 aliphatic heterocycles. The molecule has 0 spiro atoms. The van der Waals surface area contributed by atoms with Crippen LogP contribution in [0.25, 0.3) is 6.08 Å². The van der Waals surface area contributed by atoms with E-state index in [1.807, 2.05) is 30.3 Å². The van der Waals surface area contributed by atoms with Crippen LogP contribution in [0.5, 0.6) is 0 Å². The smallest absolute Gasteiger partial charge is 0.328 e. The predicted molar refractivity (Wildman–Crippen MR) is 83.5 cm³/mol. The standard InChI is InChI=1S/C16H15NO2S/c17-15-8-7-14(10-13(15)6-9-16(18)19)20-11-12-4-2-1-3-5-12/h1-10H,11,17H2,(H,18,19)/b9-6+. The lowest BCUT2D eigenvalue weighted by atomic mass is 10.1. The van der Waals surface area contributed by atoms with Crippen molar-refractivity contribution in [3.63, 3.8) is 0 Å². The molecule has 2 aromatic rings. The molecule has 0 radical (unpaired) electrons. The zero-order valence-electron chi connectivity index (χ0n) is 10.8. The molecule has 0 atom stereocenters. The van der Waals surface area contributed by atoms with Gasteiger partial charge in [0.25, 0.3) is 0 Å². The summed E-state index contributed by atoms with van der Waals surface area (Å²) in [5.74, 6) is -0.112. The van der Waals surface area contributed by atoms with Crippen molar-refractivity contribution in [2.45, 2.75) is 10.6 Å². The third-order valence-corrected chi connectivity index (χ3v) is 3.78. The van der Waals surface area contributed by atoms with Crippen molar-refractivity contribution in [1.29, 1.82) is 0 Å². The van der Waals surface area contributed by atoms with E-state index in [2.05, 4.69) is 12.1 Å². The summed E-state index contributed by atoms with van der Waals surface area (Å²) in [6.07, 6.45) is 2.61. The molecule has 20 heavy (non-hydrogen) atoms. The normalized spacial score (nSPS) is 10.8. The molecule has 0 saturated carbocycles. The molecule has 2 aromatic carbocycles. The topological polar surface area (TPSA) is 63.3 Å². The maximum Gasteiger partial charge on any atom is 0.328 e. The van der Waals surface area contributed by atoms with Crippen LogP contribution in [-0.2, 0) is 10.5 Å². The number of rotatable bonds is 5. The number of nitrogen functional groups attached to an aromatic ring is 1. The first-order valence-electron chi connectivity index (χ1n) is 6.12. The van der Waals surface area contributed by atoms with Crippen LogP contribution >= 0.6 is 11.8 Å². The average Bonchev–Trinajstić information content (AvgIpc) is 2.46. The number of anilines is 1. The minimum Gasteiger partial charge on any atom is -0.478 e. The van der Waals surface area contributed by atoms with E-state index < -0.39 is 5.97 Å². The van der Waals surface area contributed by atoms with Crippen LogP contribution in [0.4, 0.5) is 5.69 Å². The number of hydrogen-bond donors (Lipinski definition) is 2. The Bertz CT molecular complexity index is 624. The Morgan fingerprint density at radius 1 is 1.20 bits per heavy atom. The van der Waals surface area contributed by atoms with Crippen LogP contribution in [0, 0.1) is 0 Å². The van der Waals surface area contributed by atoms with Gasteiger partial charge in [0.15, 0.2) is 0 Å². The van der Waals surface area contributed by atoms with Gasteiger partial charge in [-0.25, -0.2) is 4.79 Å². The molecular formula is C16H15NO2S. The summed E-state index contributed by atoms with van der Waals surface area (Å²) < 4.78 is 0. The first-order chi connectivity index (χ1) is 9.65. The summed E-state index contributed by atoms with van der Waals surface area (Å²) in [6.45, 7) is 0. The number of hydrogen-bond acceptors (Lipinski definition) is 3. The van der Waals surface area contributed by atoms with Crippen molar-refractivity contribution in [2.24, 2.45) is 0 Å². The van der Waals surface area contributed by atoms with Gasteiger partial charge >= 0.3 is 5.97 Å². The number of carboxylic acids is 1. The lowest BCUT2D eigenvalue weighted by Crippen LogP contribution is -1.91. The monoisotopic (exact) mass is 285 g/mol. The Kier molecular flexibility index (Phi) is 4.85. The molecule has 4 heteroatoms. The molecule has 0 aliphatic carbocycles. The van der Waals surface area contributed by atoms with Gasteiger partial charge in [0.2, 0.25) is 0 Å². The third-order valence-electron chi connectivity index (χ3n) is 2.71. The first-order valence-corrected chi connectivity index (χ1v) is 7.11. The zero-order valence-corrected chi connectivity index (χ0v) is 11.6. The zero-order chi connectivity index (χ0) is 14.4. The Morgan fingerprint density at radius 2 is 1.95 bits per heavy atom. The Hall–Kier alpha value is -2.20. The summed E-state index contributed by atoms with van der Waals surface area (Å²) in [6, 6.07) is 15.8. The molecule has 0 amide bonds. The Labute approximate surface area is 122 Å². The Balaban J connectivity index is 2.09. The third kappa shape index (κ3) is 4.17. The molecule has 3 N–H and O–H groups in total. The maximum absolute atomic E-state index is 10.5. The molecule has 0 aliphatic rings. The minimum atomic E-state index is -0.980. The fourth-order valence-electron chi connectivity index (χ4n) is 1.69. The van der Waals surface area contributed by atoms with Crippen LogP contribution in [0.1, 0.15) is 11.1 Å². The number of nitrogens with two attached hydrogens (primary N) is 1. The fourth-order valence-corrected chi connectivity index (χ4v) is 2.59. The predicted octanol–water partition coefficient (Wildman–Crippen LogP) is 3.66. The van der Waals surface area contributed by atoms with Crippen molar-refractivity contribution >= 4 is 29.5 Å². The highest BCUT2D eigenvalue weighted by molar-refractivity contribution is 7.98. The number of benzene rings is 2. The fraction of sp³-hybridized carbons (Fsp3) is 0.0625. The van der Waals surface area contributed by atoms with E-state index in [0.29, 0.717) is 5.69 Å². The van der Waals surface area contributed by atoms with Crippen LogP contribution in [-0.4, -0.2) is 11.1 Å². The van der Waals surface area contributed by atoms with Crippen LogP contribution < -0.4 is 5.73 Å². The van der Waals surface area contributed by atoms with Gasteiger partial charge in [-0.15, -0.1) is 11.8 Å². The van der Waals surface area contributed by atoms with Gasteiger partial charge in [0.05, 0.1) is 0 Å². The molecule has 0 aromatic heterocycles. The first kappa shape index (κ1) is 14.2. The number of carboxylic acid groups (broad SMARTS) is 1. The highest BCUT2D eigenvalue weighted by atomic mass is 32.2. The van der Waals surface area contributed by atoms with E-state index in [0.717, 1.165) is 22.3 Å². The maximum atomic E-state index is 10.5. The second-order valence-corrected chi connectivity index (χ2v) is 5.29. The summed E-state index contributed by atoms with van der Waals surface area (Å²) in [7, 11) is 0. The SMILES string of the molecule is Nc1ccc(SCc2ccccc2)cc1/C=C/C(=O)O. The van der Waals surface area contributed by atoms with E-state index >= 15 is 0 Å². The summed E-state index contributed by atoms with van der Waals surface area (Å²) in [5.41, 5.74) is 8.38. The largest absolute Gasteiger partial charge is 0.478 e. The summed E-state index contributed by atoms with van der Waals surface area (Å²) in [4.78, 5) is 11.6. The van der Waals surface area contributed by atoms with E-state index in [9.17, 15) is 4.79 Å². The number of thioether (sulfide) groups is 1. The van der Waals surface area contributed by atoms with Crippen molar-refractivity contribution in [3.05, 3.63) is 65.7 Å². The van der Waals surface area contributed by atoms with Gasteiger partial charge in [-0.2, -0.15) is 0 Å². The van der Waals surface area contributed by atoms with Crippen molar-refractivity contribution in [2.75, 3.05) is 5.73 Å². The van der Waals surface area contributed by atoms with Crippen LogP contribution in [0.2, 0.25) is 0 Å². The molecule has 0 saturated heterocycles. The number of aliphatic carboxylic acids is 1. The van der Waals surface area contributed by atoms with Crippen molar-refractivity contribution < 1.29 is 9.90 Å². The van der Waals surface area contributed by atoms with Gasteiger partial charge < -0.3 is 10.8 Å². The molecule has 0 fully saturated rings. The van der Waals surface area contributed by atoms with Crippen molar-refractivity contribution in [1.82, 2.24) is 0 Å².